The standard InChI is InChI=1S/C17H26ClNO2/c1-4-5-10-21-16-8-6-14(7-9-16)17(20)19-12-15(18)11-13(2)3/h6-9,13,15H,4-5,10-12H2,1-3H3,(H,19,20). The van der Waals surface area contributed by atoms with Gasteiger partial charge < -0.3 is 10.1 Å². The van der Waals surface area contributed by atoms with E-state index in [-0.39, 0.29) is 11.3 Å². The Morgan fingerprint density at radius 1 is 1.29 bits per heavy atom. The minimum absolute atomic E-state index is 0.0226. The van der Waals surface area contributed by atoms with E-state index in [1.165, 1.54) is 0 Å². The molecule has 4 heteroatoms. The van der Waals surface area contributed by atoms with Gasteiger partial charge in [0.15, 0.2) is 0 Å². The quantitative estimate of drug-likeness (QED) is 0.547. The number of hydrogen-bond acceptors (Lipinski definition) is 2. The third-order valence-electron chi connectivity index (χ3n) is 3.09. The van der Waals surface area contributed by atoms with Crippen molar-refractivity contribution in [2.24, 2.45) is 5.92 Å². The molecule has 1 aromatic rings. The first kappa shape index (κ1) is 17.8. The number of alkyl halides is 1. The molecule has 1 unspecified atom stereocenters. The van der Waals surface area contributed by atoms with Crippen molar-refractivity contribution in [3.63, 3.8) is 0 Å². The zero-order valence-corrected chi connectivity index (χ0v) is 14.0. The van der Waals surface area contributed by atoms with Gasteiger partial charge in [-0.1, -0.05) is 27.2 Å². The van der Waals surface area contributed by atoms with Crippen molar-refractivity contribution in [2.45, 2.75) is 45.4 Å². The van der Waals surface area contributed by atoms with Gasteiger partial charge in [-0.2, -0.15) is 0 Å². The second kappa shape index (κ2) is 9.67. The lowest BCUT2D eigenvalue weighted by Crippen LogP contribution is -2.30. The third kappa shape index (κ3) is 7.37. The fraction of sp³-hybridized carbons (Fsp3) is 0.588. The molecule has 0 heterocycles. The molecule has 1 atom stereocenters. The predicted octanol–water partition coefficient (Wildman–Crippen LogP) is 4.25. The number of nitrogens with one attached hydrogen (secondary N) is 1. The SMILES string of the molecule is CCCCOc1ccc(C(=O)NCC(Cl)CC(C)C)cc1. The topological polar surface area (TPSA) is 38.3 Å². The lowest BCUT2D eigenvalue weighted by molar-refractivity contribution is 0.0953. The second-order valence-corrected chi connectivity index (χ2v) is 6.28. The van der Waals surface area contributed by atoms with E-state index in [0.29, 0.717) is 24.6 Å². The highest BCUT2D eigenvalue weighted by Gasteiger charge is 2.10. The fourth-order valence-electron chi connectivity index (χ4n) is 1.94. The summed E-state index contributed by atoms with van der Waals surface area (Å²) < 4.78 is 5.57. The van der Waals surface area contributed by atoms with Crippen LogP contribution in [0.1, 0.15) is 50.4 Å². The maximum absolute atomic E-state index is 12.0. The molecule has 1 aromatic carbocycles. The largest absolute Gasteiger partial charge is 0.494 e. The Balaban J connectivity index is 2.40. The van der Waals surface area contributed by atoms with Crippen molar-refractivity contribution in [2.75, 3.05) is 13.2 Å². The summed E-state index contributed by atoms with van der Waals surface area (Å²) in [5, 5.41) is 2.84. The number of rotatable bonds is 9. The van der Waals surface area contributed by atoms with Crippen LogP contribution in [0.25, 0.3) is 0 Å². The molecule has 0 aromatic heterocycles. The molecule has 0 bridgehead atoms. The van der Waals surface area contributed by atoms with Gasteiger partial charge in [0, 0.05) is 12.1 Å². The highest BCUT2D eigenvalue weighted by Crippen LogP contribution is 2.13. The number of halogens is 1. The number of unbranched alkanes of at least 4 members (excludes halogenated alkanes) is 1. The van der Waals surface area contributed by atoms with Crippen LogP contribution in [0.15, 0.2) is 24.3 Å². The van der Waals surface area contributed by atoms with E-state index < -0.39 is 0 Å². The molecule has 118 valence electrons. The van der Waals surface area contributed by atoms with Crippen LogP contribution in [-0.2, 0) is 0 Å². The van der Waals surface area contributed by atoms with E-state index in [1.807, 2.05) is 12.1 Å². The molecular formula is C17H26ClNO2. The monoisotopic (exact) mass is 311 g/mol. The van der Waals surface area contributed by atoms with Crippen LogP contribution in [0.4, 0.5) is 0 Å². The van der Waals surface area contributed by atoms with E-state index >= 15 is 0 Å². The molecule has 0 aliphatic heterocycles. The number of benzene rings is 1. The number of carbonyl (C=O) groups excluding carboxylic acids is 1. The maximum atomic E-state index is 12.0. The highest BCUT2D eigenvalue weighted by atomic mass is 35.5. The van der Waals surface area contributed by atoms with Gasteiger partial charge in [0.1, 0.15) is 5.75 Å². The van der Waals surface area contributed by atoms with E-state index in [2.05, 4.69) is 26.1 Å². The Morgan fingerprint density at radius 2 is 1.95 bits per heavy atom. The van der Waals surface area contributed by atoms with E-state index in [9.17, 15) is 4.79 Å². The van der Waals surface area contributed by atoms with E-state index in [0.717, 1.165) is 25.0 Å². The molecule has 0 radical (unpaired) electrons. The molecule has 0 saturated carbocycles. The second-order valence-electron chi connectivity index (χ2n) is 5.66. The average Bonchev–Trinajstić information content (AvgIpc) is 2.45. The van der Waals surface area contributed by atoms with Gasteiger partial charge in [-0.15, -0.1) is 11.6 Å². The minimum Gasteiger partial charge on any atom is -0.494 e. The Morgan fingerprint density at radius 3 is 2.52 bits per heavy atom. The Kier molecular flexibility index (Phi) is 8.21. The molecule has 1 N–H and O–H groups in total. The summed E-state index contributed by atoms with van der Waals surface area (Å²) in [5.41, 5.74) is 0.631. The molecule has 0 saturated heterocycles. The van der Waals surface area contributed by atoms with Crippen LogP contribution in [-0.4, -0.2) is 24.4 Å². The van der Waals surface area contributed by atoms with Gasteiger partial charge in [0.25, 0.3) is 5.91 Å². The first-order chi connectivity index (χ1) is 10.0. The van der Waals surface area contributed by atoms with E-state index in [4.69, 9.17) is 16.3 Å². The van der Waals surface area contributed by atoms with Crippen molar-refractivity contribution in [1.29, 1.82) is 0 Å². The molecule has 0 spiro atoms. The van der Waals surface area contributed by atoms with Gasteiger partial charge in [0.2, 0.25) is 0 Å². The number of amides is 1. The zero-order valence-electron chi connectivity index (χ0n) is 13.2. The van der Waals surface area contributed by atoms with E-state index in [1.54, 1.807) is 12.1 Å². The Labute approximate surface area is 133 Å². The van der Waals surface area contributed by atoms with Crippen LogP contribution in [0.2, 0.25) is 0 Å². The zero-order chi connectivity index (χ0) is 15.7. The van der Waals surface area contributed by atoms with Crippen molar-refractivity contribution >= 4 is 17.5 Å². The van der Waals surface area contributed by atoms with Gasteiger partial charge >= 0.3 is 0 Å². The van der Waals surface area contributed by atoms with Crippen LogP contribution in [0.5, 0.6) is 5.75 Å². The van der Waals surface area contributed by atoms with Crippen molar-refractivity contribution in [1.82, 2.24) is 5.32 Å². The molecule has 1 amide bonds. The predicted molar refractivity (Wildman–Crippen MR) is 88.3 cm³/mol. The average molecular weight is 312 g/mol. The van der Waals surface area contributed by atoms with Crippen LogP contribution in [0, 0.1) is 5.92 Å². The Hall–Kier alpha value is -1.22. The molecule has 3 nitrogen and oxygen atoms in total. The molecule has 0 aliphatic carbocycles. The Bertz CT molecular complexity index is 417. The summed E-state index contributed by atoms with van der Waals surface area (Å²) in [4.78, 5) is 12.0. The molecule has 21 heavy (non-hydrogen) atoms. The summed E-state index contributed by atoms with van der Waals surface area (Å²) in [7, 11) is 0. The molecule has 1 rings (SSSR count). The molecule has 0 aliphatic rings. The molecular weight excluding hydrogens is 286 g/mol. The van der Waals surface area contributed by atoms with Gasteiger partial charge in [-0.3, -0.25) is 4.79 Å². The van der Waals surface area contributed by atoms with Crippen LogP contribution in [0.3, 0.4) is 0 Å². The minimum atomic E-state index is -0.0930. The van der Waals surface area contributed by atoms with Crippen molar-refractivity contribution in [3.05, 3.63) is 29.8 Å². The smallest absolute Gasteiger partial charge is 0.251 e. The fourth-order valence-corrected chi connectivity index (χ4v) is 2.37. The maximum Gasteiger partial charge on any atom is 0.251 e. The van der Waals surface area contributed by atoms with Crippen molar-refractivity contribution in [3.8, 4) is 5.75 Å². The lowest BCUT2D eigenvalue weighted by Gasteiger charge is -2.13. The third-order valence-corrected chi connectivity index (χ3v) is 3.43. The first-order valence-electron chi connectivity index (χ1n) is 7.68. The van der Waals surface area contributed by atoms with Crippen molar-refractivity contribution < 1.29 is 9.53 Å². The summed E-state index contributed by atoms with van der Waals surface area (Å²) in [5.74, 6) is 1.24. The highest BCUT2D eigenvalue weighted by molar-refractivity contribution is 6.20. The van der Waals surface area contributed by atoms with Gasteiger partial charge in [0.05, 0.1) is 12.0 Å². The number of carbonyl (C=O) groups is 1. The van der Waals surface area contributed by atoms with Crippen LogP contribution >= 0.6 is 11.6 Å². The molecule has 0 fully saturated rings. The first-order valence-corrected chi connectivity index (χ1v) is 8.11. The summed E-state index contributed by atoms with van der Waals surface area (Å²) in [6, 6.07) is 7.22. The number of ether oxygens (including phenoxy) is 1. The van der Waals surface area contributed by atoms with Crippen LogP contribution < -0.4 is 10.1 Å². The summed E-state index contributed by atoms with van der Waals surface area (Å²) in [6.07, 6.45) is 3.04. The lowest BCUT2D eigenvalue weighted by atomic mass is 10.1. The van der Waals surface area contributed by atoms with Gasteiger partial charge in [-0.25, -0.2) is 0 Å². The summed E-state index contributed by atoms with van der Waals surface area (Å²) in [6.45, 7) is 7.57. The number of hydrogen-bond donors (Lipinski definition) is 1. The van der Waals surface area contributed by atoms with Gasteiger partial charge in [-0.05, 0) is 43.0 Å². The normalized spacial score (nSPS) is 12.2. The summed E-state index contributed by atoms with van der Waals surface area (Å²) >= 11 is 6.17.